The molecule has 0 aliphatic heterocycles. The van der Waals surface area contributed by atoms with Gasteiger partial charge in [0.15, 0.2) is 11.4 Å². The van der Waals surface area contributed by atoms with E-state index < -0.39 is 52.0 Å². The number of benzene rings is 1. The van der Waals surface area contributed by atoms with E-state index in [2.05, 4.69) is 0 Å². The van der Waals surface area contributed by atoms with E-state index in [9.17, 15) is 34.8 Å². The summed E-state index contributed by atoms with van der Waals surface area (Å²) < 4.78 is 0. The lowest BCUT2D eigenvalue weighted by Crippen LogP contribution is -2.57. The lowest BCUT2D eigenvalue weighted by atomic mass is 9.60. The molecule has 2 unspecified atom stereocenters. The highest BCUT2D eigenvalue weighted by Gasteiger charge is 2.59. The number of phenols is 1. The lowest BCUT2D eigenvalue weighted by molar-refractivity contribution is -0.144. The number of hydrogen-bond donors (Lipinski definition) is 6. The third-order valence-corrected chi connectivity index (χ3v) is 6.24. The molecule has 0 fully saturated rings. The van der Waals surface area contributed by atoms with E-state index in [1.54, 1.807) is 12.1 Å². The first-order valence-electron chi connectivity index (χ1n) is 9.14. The van der Waals surface area contributed by atoms with Gasteiger partial charge in [-0.1, -0.05) is 12.1 Å². The highest BCUT2D eigenvalue weighted by Crippen LogP contribution is 2.51. The van der Waals surface area contributed by atoms with Crippen LogP contribution in [-0.4, -0.2) is 43.5 Å². The van der Waals surface area contributed by atoms with E-state index in [1.165, 1.54) is 0 Å². The van der Waals surface area contributed by atoms with E-state index >= 15 is 0 Å². The van der Waals surface area contributed by atoms with Crippen LogP contribution in [0.4, 0.5) is 0 Å². The summed E-state index contributed by atoms with van der Waals surface area (Å²) in [6.07, 6.45) is 0.155. The number of carbonyl (C=O) groups excluding carboxylic acids is 3. The summed E-state index contributed by atoms with van der Waals surface area (Å²) in [5.74, 6) is -6.33. The predicted octanol–water partition coefficient (Wildman–Crippen LogP) is 0.0392. The first-order chi connectivity index (χ1) is 13.6. The highest BCUT2D eigenvalue weighted by atomic mass is 16.3. The topological polar surface area (TPSA) is 184 Å². The molecular weight excluding hydrogens is 380 g/mol. The van der Waals surface area contributed by atoms with Crippen LogP contribution >= 0.6 is 0 Å². The minimum atomic E-state index is -2.54. The molecule has 29 heavy (non-hydrogen) atoms. The Morgan fingerprint density at radius 3 is 2.48 bits per heavy atom. The van der Waals surface area contributed by atoms with Crippen molar-refractivity contribution in [3.8, 4) is 5.75 Å². The average Bonchev–Trinajstić information content (AvgIpc) is 2.64. The summed E-state index contributed by atoms with van der Waals surface area (Å²) >= 11 is 0. The number of aliphatic hydroxyl groups is 3. The molecule has 9 nitrogen and oxygen atoms in total. The van der Waals surface area contributed by atoms with Crippen LogP contribution in [0.5, 0.6) is 5.75 Å². The summed E-state index contributed by atoms with van der Waals surface area (Å²) in [6.45, 7) is -0.00259. The molecule has 1 aromatic carbocycles. The van der Waals surface area contributed by atoms with Crippen molar-refractivity contribution in [3.63, 3.8) is 0 Å². The third-order valence-electron chi connectivity index (χ3n) is 6.24. The molecular formula is C20H20N2O7. The van der Waals surface area contributed by atoms with E-state index in [0.717, 1.165) is 0 Å². The Hall–Kier alpha value is -3.17. The van der Waals surface area contributed by atoms with E-state index in [0.29, 0.717) is 11.1 Å². The van der Waals surface area contributed by atoms with Crippen molar-refractivity contribution in [1.29, 1.82) is 0 Å². The van der Waals surface area contributed by atoms with Crippen LogP contribution in [0.3, 0.4) is 0 Å². The van der Waals surface area contributed by atoms with Crippen LogP contribution < -0.4 is 11.5 Å². The smallest absolute Gasteiger partial charge is 0.255 e. The van der Waals surface area contributed by atoms with Gasteiger partial charge in [0, 0.05) is 30.0 Å². The van der Waals surface area contributed by atoms with Crippen molar-refractivity contribution in [1.82, 2.24) is 0 Å². The summed E-state index contributed by atoms with van der Waals surface area (Å²) in [6, 6.07) is 3.30. The van der Waals surface area contributed by atoms with Crippen LogP contribution in [0.1, 0.15) is 34.3 Å². The second kappa shape index (κ2) is 6.16. The summed E-state index contributed by atoms with van der Waals surface area (Å²) in [4.78, 5) is 37.5. The van der Waals surface area contributed by atoms with Crippen LogP contribution in [-0.2, 0) is 22.6 Å². The zero-order chi connectivity index (χ0) is 21.2. The normalized spacial score (nSPS) is 28.8. The zero-order valence-corrected chi connectivity index (χ0v) is 15.3. The number of allylic oxidation sites excluding steroid dienone is 2. The van der Waals surface area contributed by atoms with Crippen LogP contribution in [0.15, 0.2) is 34.8 Å². The van der Waals surface area contributed by atoms with Gasteiger partial charge in [-0.25, -0.2) is 0 Å². The first kappa shape index (κ1) is 19.2. The number of aromatic hydroxyl groups is 1. The number of fused-ring (bicyclic) bond motifs is 3. The van der Waals surface area contributed by atoms with Gasteiger partial charge in [0.2, 0.25) is 5.78 Å². The number of primary amides is 1. The minimum Gasteiger partial charge on any atom is -0.511 e. The summed E-state index contributed by atoms with van der Waals surface area (Å²) in [5, 5.41) is 42.5. The Balaban J connectivity index is 1.90. The van der Waals surface area contributed by atoms with Gasteiger partial charge in [0.05, 0.1) is 5.56 Å². The molecule has 0 bridgehead atoms. The van der Waals surface area contributed by atoms with E-state index in [1.807, 2.05) is 0 Å². The minimum absolute atomic E-state index is 0.00259. The molecule has 1 amide bonds. The van der Waals surface area contributed by atoms with Crippen LogP contribution in [0.25, 0.3) is 0 Å². The number of hydrogen-bond acceptors (Lipinski definition) is 8. The Bertz CT molecular complexity index is 1060. The highest BCUT2D eigenvalue weighted by molar-refractivity contribution is 6.24. The number of Topliss-reactive ketones (excluding diaryl/α,β-unsaturated/α-hetero) is 2. The van der Waals surface area contributed by atoms with Gasteiger partial charge in [-0.15, -0.1) is 0 Å². The van der Waals surface area contributed by atoms with Crippen molar-refractivity contribution < 1.29 is 34.8 Å². The molecule has 0 saturated heterocycles. The second-order valence-electron chi connectivity index (χ2n) is 7.72. The van der Waals surface area contributed by atoms with Crippen molar-refractivity contribution in [2.75, 3.05) is 0 Å². The summed E-state index contributed by atoms with van der Waals surface area (Å²) in [7, 11) is 0. The fourth-order valence-electron chi connectivity index (χ4n) is 4.80. The van der Waals surface area contributed by atoms with Crippen LogP contribution in [0.2, 0.25) is 0 Å². The van der Waals surface area contributed by atoms with Crippen molar-refractivity contribution in [3.05, 3.63) is 51.5 Å². The SMILES string of the molecule is NCc1ccc2c(c1O)C(=O)C1=C(O)[C@]3(O)C(=O)C(C(N)=O)=C(O)CC3CC1C2. The third kappa shape index (κ3) is 2.37. The molecule has 8 N–H and O–H groups in total. The Morgan fingerprint density at radius 2 is 1.86 bits per heavy atom. The number of ketones is 2. The van der Waals surface area contributed by atoms with Gasteiger partial charge in [-0.3, -0.25) is 14.4 Å². The maximum atomic E-state index is 13.2. The molecule has 0 spiro atoms. The van der Waals surface area contributed by atoms with Gasteiger partial charge in [-0.2, -0.15) is 0 Å². The zero-order valence-electron chi connectivity index (χ0n) is 15.3. The molecule has 1 aromatic rings. The van der Waals surface area contributed by atoms with Gasteiger partial charge < -0.3 is 31.9 Å². The monoisotopic (exact) mass is 400 g/mol. The summed E-state index contributed by atoms with van der Waals surface area (Å²) in [5.41, 5.74) is 8.11. The Labute approximate surface area is 164 Å². The second-order valence-corrected chi connectivity index (χ2v) is 7.72. The molecule has 0 aromatic heterocycles. The molecule has 9 heteroatoms. The number of phenolic OH excluding ortho intramolecular Hbond substituents is 1. The Morgan fingerprint density at radius 1 is 1.17 bits per heavy atom. The predicted molar refractivity (Wildman–Crippen MR) is 98.7 cm³/mol. The average molecular weight is 400 g/mol. The number of aliphatic hydroxyl groups excluding tert-OH is 2. The standard InChI is InChI=1S/C20H20N2O7/c21-6-8-2-1-7-3-9-4-10-5-11(23)14(19(22)28)18(27)20(10,29)17(26)13(9)16(25)12(7)15(8)24/h1-2,9-10,23-24,26,29H,3-6,21H2,(H2,22,28)/t9?,10?,20-/m0/s1. The van der Waals surface area contributed by atoms with Gasteiger partial charge in [0.1, 0.15) is 22.8 Å². The van der Waals surface area contributed by atoms with Crippen molar-refractivity contribution in [2.24, 2.45) is 23.3 Å². The maximum Gasteiger partial charge on any atom is 0.255 e. The number of carbonyl (C=O) groups is 3. The molecule has 3 aliphatic rings. The number of nitrogens with two attached hydrogens (primary N) is 2. The van der Waals surface area contributed by atoms with Gasteiger partial charge in [0.25, 0.3) is 5.91 Å². The van der Waals surface area contributed by atoms with E-state index in [-0.39, 0.29) is 42.7 Å². The molecule has 3 atom stereocenters. The molecule has 0 heterocycles. The fraction of sp³-hybridized carbons (Fsp3) is 0.350. The molecule has 4 rings (SSSR count). The van der Waals surface area contributed by atoms with E-state index in [4.69, 9.17) is 11.5 Å². The largest absolute Gasteiger partial charge is 0.511 e. The maximum absolute atomic E-state index is 13.2. The van der Waals surface area contributed by atoms with Crippen molar-refractivity contribution >= 4 is 17.5 Å². The quantitative estimate of drug-likeness (QED) is 0.376. The van der Waals surface area contributed by atoms with Gasteiger partial charge >= 0.3 is 0 Å². The first-order valence-corrected chi connectivity index (χ1v) is 9.14. The van der Waals surface area contributed by atoms with Gasteiger partial charge in [-0.05, 0) is 24.3 Å². The van der Waals surface area contributed by atoms with Crippen molar-refractivity contribution in [2.45, 2.75) is 31.4 Å². The van der Waals surface area contributed by atoms with Crippen LogP contribution in [0, 0.1) is 11.8 Å². The Kier molecular flexibility index (Phi) is 4.07. The molecule has 152 valence electrons. The molecule has 0 saturated carbocycles. The molecule has 0 radical (unpaired) electrons. The fourth-order valence-corrected chi connectivity index (χ4v) is 4.80. The number of amides is 1. The lowest BCUT2D eigenvalue weighted by Gasteiger charge is -2.45. The number of rotatable bonds is 2. The molecule has 3 aliphatic carbocycles.